The van der Waals surface area contributed by atoms with Crippen LogP contribution in [0.3, 0.4) is 0 Å². The molecule has 2 aromatic rings. The van der Waals surface area contributed by atoms with Crippen LogP contribution in [0, 0.1) is 0 Å². The van der Waals surface area contributed by atoms with Crippen LogP contribution in [-0.4, -0.2) is 25.8 Å². The number of thioether (sulfide) groups is 1. The summed E-state index contributed by atoms with van der Waals surface area (Å²) in [5.74, 6) is 1.79. The van der Waals surface area contributed by atoms with Crippen molar-refractivity contribution in [2.45, 2.75) is 29.9 Å². The minimum absolute atomic E-state index is 0.264. The first kappa shape index (κ1) is 13.4. The summed E-state index contributed by atoms with van der Waals surface area (Å²) < 4.78 is 1.76. The summed E-state index contributed by atoms with van der Waals surface area (Å²) in [5, 5.41) is 0. The molecule has 0 aliphatic heterocycles. The summed E-state index contributed by atoms with van der Waals surface area (Å²) in [6.45, 7) is 2.09. The highest BCUT2D eigenvalue weighted by atomic mass is 33.1. The Balaban J connectivity index is 2.20. The molecule has 1 fully saturated rings. The third-order valence-corrected chi connectivity index (χ3v) is 7.05. The largest absolute Gasteiger partial charge is 0.382 e. The maximum Gasteiger partial charge on any atom is 0.167 e. The van der Waals surface area contributed by atoms with Gasteiger partial charge < -0.3 is 5.73 Å². The van der Waals surface area contributed by atoms with E-state index in [1.54, 1.807) is 18.1 Å². The van der Waals surface area contributed by atoms with Crippen LogP contribution in [0.25, 0.3) is 11.2 Å². The molecule has 2 heterocycles. The normalized spacial score (nSPS) is 18.7. The smallest absolute Gasteiger partial charge is 0.167 e. The fourth-order valence-electron chi connectivity index (χ4n) is 1.94. The highest BCUT2D eigenvalue weighted by Gasteiger charge is 2.31. The van der Waals surface area contributed by atoms with Gasteiger partial charge in [-0.25, -0.2) is 15.0 Å². The molecule has 0 spiro atoms. The number of hydrogen-bond acceptors (Lipinski definition) is 7. The van der Waals surface area contributed by atoms with Crippen LogP contribution in [-0.2, 0) is 4.20 Å². The molecule has 1 atom stereocenters. The molecule has 3 rings (SSSR count). The zero-order valence-electron chi connectivity index (χ0n) is 10.7. The van der Waals surface area contributed by atoms with Gasteiger partial charge in [0.2, 0.25) is 0 Å². The van der Waals surface area contributed by atoms with Crippen molar-refractivity contribution in [2.75, 3.05) is 12.0 Å². The van der Waals surface area contributed by atoms with Crippen molar-refractivity contribution in [3.8, 4) is 0 Å². The maximum atomic E-state index is 6.00. The maximum absolute atomic E-state index is 6.00. The number of nitrogens with two attached hydrogens (primary N) is 1. The van der Waals surface area contributed by atoms with E-state index in [0.717, 1.165) is 24.3 Å². The van der Waals surface area contributed by atoms with Gasteiger partial charge in [0.05, 0.1) is 6.33 Å². The average molecular weight is 313 g/mol. The first-order valence-electron chi connectivity index (χ1n) is 5.97. The van der Waals surface area contributed by atoms with E-state index >= 15 is 0 Å². The van der Waals surface area contributed by atoms with Gasteiger partial charge in [0.1, 0.15) is 15.5 Å². The van der Waals surface area contributed by atoms with Gasteiger partial charge in [-0.05, 0) is 26.0 Å². The molecule has 1 aliphatic carbocycles. The molecule has 0 saturated heterocycles. The number of rotatable bonds is 4. The Morgan fingerprint density at radius 2 is 2.21 bits per heavy atom. The standard InChI is InChI=1S/C11H15N5S3/c1-11(18-2,19-17)16-5-13-7-8(12)14-9(6-3-4-6)15-10(7)16/h5-6,17H,3-4H2,1-2H3,(H2,12,14,15)/t11-/m0/s1. The Morgan fingerprint density at radius 1 is 1.47 bits per heavy atom. The Morgan fingerprint density at radius 3 is 2.79 bits per heavy atom. The Bertz CT molecular complexity index is 618. The van der Waals surface area contributed by atoms with Gasteiger partial charge in [-0.15, -0.1) is 23.4 Å². The van der Waals surface area contributed by atoms with Gasteiger partial charge in [-0.1, -0.05) is 10.8 Å². The first-order chi connectivity index (χ1) is 9.09. The van der Waals surface area contributed by atoms with Crippen molar-refractivity contribution < 1.29 is 0 Å². The second-order valence-corrected chi connectivity index (χ2v) is 7.71. The molecule has 0 radical (unpaired) electrons. The van der Waals surface area contributed by atoms with Crippen LogP contribution >= 0.6 is 34.2 Å². The summed E-state index contributed by atoms with van der Waals surface area (Å²) in [6, 6.07) is 0. The van der Waals surface area contributed by atoms with Crippen molar-refractivity contribution in [3.63, 3.8) is 0 Å². The molecular formula is C11H15N5S3. The number of nitrogens with zero attached hydrogens (tertiary/aromatic N) is 4. The lowest BCUT2D eigenvalue weighted by molar-refractivity contribution is 0.698. The van der Waals surface area contributed by atoms with Crippen molar-refractivity contribution in [1.29, 1.82) is 0 Å². The van der Waals surface area contributed by atoms with Gasteiger partial charge >= 0.3 is 0 Å². The third-order valence-electron chi connectivity index (χ3n) is 3.37. The van der Waals surface area contributed by atoms with Crippen LogP contribution in [0.4, 0.5) is 5.82 Å². The summed E-state index contributed by atoms with van der Waals surface area (Å²) >= 11 is 6.06. The first-order valence-corrected chi connectivity index (χ1v) is 9.07. The zero-order valence-corrected chi connectivity index (χ0v) is 13.2. The van der Waals surface area contributed by atoms with E-state index in [-0.39, 0.29) is 4.20 Å². The van der Waals surface area contributed by atoms with Crippen molar-refractivity contribution in [3.05, 3.63) is 12.2 Å². The number of fused-ring (bicyclic) bond motifs is 1. The fourth-order valence-corrected chi connectivity index (χ4v) is 3.73. The van der Waals surface area contributed by atoms with Gasteiger partial charge in [-0.3, -0.25) is 4.57 Å². The quantitative estimate of drug-likeness (QED) is 0.514. The second-order valence-electron chi connectivity index (χ2n) is 4.72. The van der Waals surface area contributed by atoms with Crippen LogP contribution in [0.15, 0.2) is 6.33 Å². The van der Waals surface area contributed by atoms with Crippen LogP contribution in [0.1, 0.15) is 31.5 Å². The lowest BCUT2D eigenvalue weighted by Crippen LogP contribution is -2.20. The molecule has 19 heavy (non-hydrogen) atoms. The van der Waals surface area contributed by atoms with Crippen molar-refractivity contribution >= 4 is 51.2 Å². The summed E-state index contributed by atoms with van der Waals surface area (Å²) in [5.41, 5.74) is 7.47. The minimum atomic E-state index is -0.264. The van der Waals surface area contributed by atoms with Gasteiger partial charge in [-0.2, -0.15) is 0 Å². The molecular weight excluding hydrogens is 298 g/mol. The molecule has 8 heteroatoms. The Kier molecular flexibility index (Phi) is 3.34. The Labute approximate surface area is 125 Å². The van der Waals surface area contributed by atoms with Gasteiger partial charge in [0, 0.05) is 5.92 Å². The minimum Gasteiger partial charge on any atom is -0.382 e. The molecule has 0 bridgehead atoms. The summed E-state index contributed by atoms with van der Waals surface area (Å²) in [6.07, 6.45) is 6.12. The number of anilines is 1. The van der Waals surface area contributed by atoms with E-state index in [4.69, 9.17) is 5.73 Å². The van der Waals surface area contributed by atoms with E-state index in [1.807, 2.05) is 10.8 Å². The molecule has 0 unspecified atom stereocenters. The molecule has 1 aliphatic rings. The zero-order chi connectivity index (χ0) is 13.6. The highest BCUT2D eigenvalue weighted by Crippen LogP contribution is 2.44. The van der Waals surface area contributed by atoms with Crippen LogP contribution in [0.2, 0.25) is 0 Å². The summed E-state index contributed by atoms with van der Waals surface area (Å²) in [7, 11) is 1.46. The predicted molar refractivity (Wildman–Crippen MR) is 85.5 cm³/mol. The highest BCUT2D eigenvalue weighted by molar-refractivity contribution is 8.70. The number of imidazole rings is 1. The van der Waals surface area contributed by atoms with Gasteiger partial charge in [0.15, 0.2) is 11.5 Å². The van der Waals surface area contributed by atoms with Crippen molar-refractivity contribution in [2.24, 2.45) is 0 Å². The van der Waals surface area contributed by atoms with Gasteiger partial charge in [0.25, 0.3) is 0 Å². The van der Waals surface area contributed by atoms with E-state index in [9.17, 15) is 0 Å². The molecule has 102 valence electrons. The fraction of sp³-hybridized carbons (Fsp3) is 0.545. The summed E-state index contributed by atoms with van der Waals surface area (Å²) in [4.78, 5) is 13.4. The lowest BCUT2D eigenvalue weighted by atomic mass is 10.3. The molecule has 2 N–H and O–H groups in total. The van der Waals surface area contributed by atoms with E-state index in [1.165, 1.54) is 10.8 Å². The second kappa shape index (κ2) is 4.75. The molecule has 5 nitrogen and oxygen atoms in total. The van der Waals surface area contributed by atoms with E-state index in [2.05, 4.69) is 33.5 Å². The third kappa shape index (κ3) is 2.19. The van der Waals surface area contributed by atoms with E-state index in [0.29, 0.717) is 17.3 Å². The SMILES string of the molecule is CS[C@@](C)(SS)n1cnc2c(N)nc(C3CC3)nc21. The molecule has 0 aromatic carbocycles. The monoisotopic (exact) mass is 313 g/mol. The predicted octanol–water partition coefficient (Wildman–Crippen LogP) is 2.86. The average Bonchev–Trinajstić information content (AvgIpc) is 3.18. The van der Waals surface area contributed by atoms with E-state index < -0.39 is 0 Å². The lowest BCUT2D eigenvalue weighted by Gasteiger charge is -2.26. The number of aromatic nitrogens is 4. The van der Waals surface area contributed by atoms with Crippen molar-refractivity contribution in [1.82, 2.24) is 19.5 Å². The molecule has 1 saturated carbocycles. The topological polar surface area (TPSA) is 69.6 Å². The number of hydrogen-bond donors (Lipinski definition) is 2. The number of nitrogen functional groups attached to an aromatic ring is 1. The molecule has 0 amide bonds. The van der Waals surface area contributed by atoms with Crippen LogP contribution in [0.5, 0.6) is 0 Å². The Hall–Kier alpha value is -0.600. The number of thiol groups is 1. The van der Waals surface area contributed by atoms with Crippen LogP contribution < -0.4 is 5.73 Å². The molecule has 2 aromatic heterocycles.